The molecule has 1 unspecified atom stereocenters. The number of carboxylic acids is 2. The molecule has 0 aromatic heterocycles. The van der Waals surface area contributed by atoms with Crippen molar-refractivity contribution in [2.45, 2.75) is 38.1 Å². The lowest BCUT2D eigenvalue weighted by atomic mass is 9.90. The maximum Gasteiger partial charge on any atom is 0.336 e. The first-order valence-corrected chi connectivity index (χ1v) is 14.7. The molecule has 1 aliphatic heterocycles. The van der Waals surface area contributed by atoms with E-state index in [1.165, 1.54) is 30.3 Å². The van der Waals surface area contributed by atoms with Crippen molar-refractivity contribution in [1.29, 1.82) is 0 Å². The van der Waals surface area contributed by atoms with Crippen molar-refractivity contribution in [1.82, 2.24) is 10.6 Å². The van der Waals surface area contributed by atoms with E-state index in [2.05, 4.69) is 16.0 Å². The fourth-order valence-electron chi connectivity index (χ4n) is 4.90. The van der Waals surface area contributed by atoms with Gasteiger partial charge in [0.1, 0.15) is 17.1 Å². The van der Waals surface area contributed by atoms with Gasteiger partial charge in [-0.3, -0.25) is 24.0 Å². The number of aromatic carboxylic acids is 1. The number of benzene rings is 3. The summed E-state index contributed by atoms with van der Waals surface area (Å²) in [5.41, 5.74) is 6.58. The molecule has 47 heavy (non-hydrogen) atoms. The highest BCUT2D eigenvalue weighted by atomic mass is 32.1. The summed E-state index contributed by atoms with van der Waals surface area (Å²) in [7, 11) is 0. The number of phenols is 1. The number of phenolic OH excluding ortho intramolecular Hbond substituents is 1. The maximum absolute atomic E-state index is 12.5. The second-order valence-electron chi connectivity index (χ2n) is 10.5. The minimum absolute atomic E-state index is 0.0213. The van der Waals surface area contributed by atoms with Crippen LogP contribution in [0.15, 0.2) is 63.8 Å². The SMILES string of the molecule is NC(=O)CCC(NC(=O)CCNC(=S)Nc1ccc(-c2c3ccc(=O)cc-3oc3cc(O)ccc23)c(C(=O)O)c1)C(=O)CCC(=O)O. The summed E-state index contributed by atoms with van der Waals surface area (Å²) in [6, 6.07) is 12.0. The average molecular weight is 663 g/mol. The smallest absolute Gasteiger partial charge is 0.336 e. The van der Waals surface area contributed by atoms with Gasteiger partial charge >= 0.3 is 11.9 Å². The molecular formula is C32H30N4O10S. The van der Waals surface area contributed by atoms with Crippen LogP contribution in [0.5, 0.6) is 5.75 Å². The Bertz CT molecular complexity index is 1920. The van der Waals surface area contributed by atoms with Crippen molar-refractivity contribution >= 4 is 63.5 Å². The van der Waals surface area contributed by atoms with E-state index < -0.39 is 42.0 Å². The summed E-state index contributed by atoms with van der Waals surface area (Å²) in [6.07, 6.45) is -1.13. The summed E-state index contributed by atoms with van der Waals surface area (Å²) in [5.74, 6) is -4.05. The third kappa shape index (κ3) is 8.88. The summed E-state index contributed by atoms with van der Waals surface area (Å²) in [4.78, 5) is 71.3. The molecule has 2 aromatic rings. The average Bonchev–Trinajstić information content (AvgIpc) is 3.00. The molecular weight excluding hydrogens is 632 g/mol. The minimum Gasteiger partial charge on any atom is -0.508 e. The molecule has 1 aliphatic carbocycles. The van der Waals surface area contributed by atoms with E-state index in [1.54, 1.807) is 24.3 Å². The van der Waals surface area contributed by atoms with Crippen LogP contribution in [0.4, 0.5) is 5.69 Å². The first kappa shape index (κ1) is 34.1. The number of aromatic hydroxyl groups is 1. The zero-order valence-electron chi connectivity index (χ0n) is 24.7. The van der Waals surface area contributed by atoms with Gasteiger partial charge in [-0.25, -0.2) is 4.79 Å². The van der Waals surface area contributed by atoms with Gasteiger partial charge in [0.15, 0.2) is 16.3 Å². The first-order chi connectivity index (χ1) is 22.3. The second-order valence-corrected chi connectivity index (χ2v) is 10.9. The van der Waals surface area contributed by atoms with Crippen LogP contribution in [-0.2, 0) is 19.2 Å². The number of Topliss-reactive ketones (excluding diaryl/α,β-unsaturated/α-hetero) is 1. The van der Waals surface area contributed by atoms with Crippen LogP contribution in [0.25, 0.3) is 33.4 Å². The van der Waals surface area contributed by atoms with Crippen molar-refractivity contribution in [3.05, 3.63) is 70.4 Å². The number of hydrogen-bond acceptors (Lipinski definition) is 9. The minimum atomic E-state index is -1.25. The van der Waals surface area contributed by atoms with E-state index in [0.29, 0.717) is 27.8 Å². The number of thiocarbonyl (C=S) groups is 1. The number of nitrogens with one attached hydrogen (secondary N) is 3. The Morgan fingerprint density at radius 3 is 2.34 bits per heavy atom. The van der Waals surface area contributed by atoms with Gasteiger partial charge < -0.3 is 41.4 Å². The third-order valence-corrected chi connectivity index (χ3v) is 7.33. The highest BCUT2D eigenvalue weighted by Gasteiger charge is 2.24. The highest BCUT2D eigenvalue weighted by molar-refractivity contribution is 7.80. The number of primary amides is 1. The normalized spacial score (nSPS) is 11.5. The van der Waals surface area contributed by atoms with E-state index in [9.17, 15) is 39.0 Å². The maximum atomic E-state index is 12.5. The molecule has 8 N–H and O–H groups in total. The van der Waals surface area contributed by atoms with Gasteiger partial charge in [-0.15, -0.1) is 0 Å². The Labute approximate surface area is 271 Å². The largest absolute Gasteiger partial charge is 0.508 e. The predicted molar refractivity (Wildman–Crippen MR) is 174 cm³/mol. The number of ketones is 1. The monoisotopic (exact) mass is 662 g/mol. The van der Waals surface area contributed by atoms with Gasteiger partial charge in [0, 0.05) is 60.1 Å². The molecule has 0 saturated carbocycles. The van der Waals surface area contributed by atoms with E-state index in [4.69, 9.17) is 27.5 Å². The van der Waals surface area contributed by atoms with Crippen LogP contribution in [0, 0.1) is 0 Å². The molecule has 2 amide bonds. The number of nitrogens with two attached hydrogens (primary N) is 1. The second kappa shape index (κ2) is 15.0. The molecule has 2 aromatic carbocycles. The molecule has 0 saturated heterocycles. The Morgan fingerprint density at radius 2 is 1.64 bits per heavy atom. The van der Waals surface area contributed by atoms with Crippen molar-refractivity contribution in [2.24, 2.45) is 5.73 Å². The number of carbonyl (C=O) groups is 5. The zero-order chi connectivity index (χ0) is 34.2. The number of amides is 2. The lowest BCUT2D eigenvalue weighted by Gasteiger charge is -2.18. The molecule has 244 valence electrons. The van der Waals surface area contributed by atoms with Gasteiger partial charge in [0.2, 0.25) is 11.8 Å². The fraction of sp³-hybridized carbons (Fsp3) is 0.219. The van der Waals surface area contributed by atoms with Crippen LogP contribution in [0.3, 0.4) is 0 Å². The molecule has 4 rings (SSSR count). The third-order valence-electron chi connectivity index (χ3n) is 7.08. The fourth-order valence-corrected chi connectivity index (χ4v) is 5.12. The number of aliphatic carboxylic acids is 1. The van der Waals surface area contributed by atoms with Gasteiger partial charge in [-0.05, 0) is 60.6 Å². The Morgan fingerprint density at radius 1 is 0.894 bits per heavy atom. The number of anilines is 1. The number of carbonyl (C=O) groups excluding carboxylic acids is 3. The van der Waals surface area contributed by atoms with Crippen molar-refractivity contribution in [3.8, 4) is 28.2 Å². The highest BCUT2D eigenvalue weighted by Crippen LogP contribution is 2.42. The first-order valence-electron chi connectivity index (χ1n) is 14.3. The van der Waals surface area contributed by atoms with E-state index in [-0.39, 0.29) is 65.4 Å². The van der Waals surface area contributed by atoms with E-state index >= 15 is 0 Å². The van der Waals surface area contributed by atoms with Crippen molar-refractivity contribution < 1.29 is 43.7 Å². The van der Waals surface area contributed by atoms with Crippen molar-refractivity contribution in [3.63, 3.8) is 0 Å². The topological polar surface area (TPSA) is 238 Å². The summed E-state index contributed by atoms with van der Waals surface area (Å²) < 4.78 is 5.84. The van der Waals surface area contributed by atoms with E-state index in [0.717, 1.165) is 0 Å². The molecule has 2 aliphatic rings. The molecule has 15 heteroatoms. The Hall–Kier alpha value is -5.83. The number of carboxylic acid groups (broad SMARTS) is 2. The number of rotatable bonds is 14. The van der Waals surface area contributed by atoms with Crippen LogP contribution >= 0.6 is 12.2 Å². The molecule has 0 bridgehead atoms. The molecule has 0 radical (unpaired) electrons. The van der Waals surface area contributed by atoms with Gasteiger partial charge in [-0.1, -0.05) is 6.07 Å². The summed E-state index contributed by atoms with van der Waals surface area (Å²) >= 11 is 5.30. The molecule has 0 spiro atoms. The van der Waals surface area contributed by atoms with Gasteiger partial charge in [0.25, 0.3) is 0 Å². The Kier molecular flexibility index (Phi) is 10.8. The van der Waals surface area contributed by atoms with Crippen LogP contribution in [0.2, 0.25) is 0 Å². The van der Waals surface area contributed by atoms with Crippen molar-refractivity contribution in [2.75, 3.05) is 11.9 Å². The lowest BCUT2D eigenvalue weighted by Crippen LogP contribution is -2.43. The lowest BCUT2D eigenvalue weighted by molar-refractivity contribution is -0.139. The number of hydrogen-bond donors (Lipinski definition) is 7. The van der Waals surface area contributed by atoms with E-state index in [1.807, 2.05) is 0 Å². The van der Waals surface area contributed by atoms with Crippen LogP contribution < -0.4 is 27.1 Å². The quantitative estimate of drug-likeness (QED) is 0.0760. The van der Waals surface area contributed by atoms with Gasteiger partial charge in [0.05, 0.1) is 18.0 Å². The predicted octanol–water partition coefficient (Wildman–Crippen LogP) is 2.83. The summed E-state index contributed by atoms with van der Waals surface area (Å²) in [5, 5.41) is 37.7. The molecule has 1 heterocycles. The standard InChI is InChI=1S/C32H30N4O10S/c33-27(40)9-7-23(24(39)8-10-29(42)43)36-28(41)11-12-34-32(47)35-16-1-4-19(22(13-16)31(44)45)30-20-5-2-17(37)14-25(20)46-26-15-18(38)3-6-21(26)30/h1-6,13-15,23,37H,7-12H2,(H2,33,40)(H,36,41)(H,42,43)(H,44,45)(H2,34,35,47). The molecule has 14 nitrogen and oxygen atoms in total. The Balaban J connectivity index is 1.47. The van der Waals surface area contributed by atoms with Crippen LogP contribution in [-0.4, -0.2) is 62.6 Å². The number of fused-ring (bicyclic) bond motifs is 2. The van der Waals surface area contributed by atoms with Gasteiger partial charge in [-0.2, -0.15) is 0 Å². The zero-order valence-corrected chi connectivity index (χ0v) is 25.5. The summed E-state index contributed by atoms with van der Waals surface area (Å²) in [6.45, 7) is 0.0213. The van der Waals surface area contributed by atoms with Crippen LogP contribution in [0.1, 0.15) is 42.5 Å². The molecule has 1 atom stereocenters. The molecule has 0 fully saturated rings.